The minimum Gasteiger partial charge on any atom is -0.383 e. The van der Waals surface area contributed by atoms with E-state index in [9.17, 15) is 18.3 Å². The van der Waals surface area contributed by atoms with Crippen LogP contribution in [0.4, 0.5) is 0 Å². The first-order chi connectivity index (χ1) is 14.2. The van der Waals surface area contributed by atoms with Gasteiger partial charge in [-0.1, -0.05) is 40.9 Å². The van der Waals surface area contributed by atoms with Crippen LogP contribution in [-0.2, 0) is 15.4 Å². The standard InChI is InChI=1S/C21H21Cl3N2O4S/c1-21(2,3)26-20(28)17(18(25-26)13-7-5-11(22)9-15(13)23)19(27)14-8-6-12(10-16(14)24)31(4,29)30/h5-10,19,25,27H,1-4H3/t19-/m1/s1. The van der Waals surface area contributed by atoms with Crippen LogP contribution in [0.1, 0.15) is 38.0 Å². The first-order valence-corrected chi connectivity index (χ1v) is 12.2. The van der Waals surface area contributed by atoms with Gasteiger partial charge in [-0.3, -0.25) is 9.89 Å². The zero-order chi connectivity index (χ0) is 23.3. The van der Waals surface area contributed by atoms with Gasteiger partial charge >= 0.3 is 0 Å². The van der Waals surface area contributed by atoms with Gasteiger partial charge in [0.05, 0.1) is 26.7 Å². The van der Waals surface area contributed by atoms with Crippen LogP contribution in [0.5, 0.6) is 0 Å². The van der Waals surface area contributed by atoms with Gasteiger partial charge in [-0.2, -0.15) is 0 Å². The Balaban J connectivity index is 2.27. The van der Waals surface area contributed by atoms with Gasteiger partial charge in [0.15, 0.2) is 9.84 Å². The number of halogens is 3. The lowest BCUT2D eigenvalue weighted by atomic mass is 9.98. The third-order valence-corrected chi connectivity index (χ3v) is 6.75. The van der Waals surface area contributed by atoms with Crippen molar-refractivity contribution in [3.63, 3.8) is 0 Å². The van der Waals surface area contributed by atoms with E-state index in [1.807, 2.05) is 20.8 Å². The zero-order valence-electron chi connectivity index (χ0n) is 17.2. The molecule has 6 nitrogen and oxygen atoms in total. The Morgan fingerprint density at radius 2 is 1.68 bits per heavy atom. The van der Waals surface area contributed by atoms with Crippen molar-refractivity contribution < 1.29 is 13.5 Å². The number of nitrogens with one attached hydrogen (secondary N) is 1. The number of aromatic amines is 1. The van der Waals surface area contributed by atoms with E-state index in [4.69, 9.17) is 34.8 Å². The molecule has 0 aliphatic carbocycles. The van der Waals surface area contributed by atoms with Crippen LogP contribution in [0.25, 0.3) is 11.3 Å². The van der Waals surface area contributed by atoms with Gasteiger partial charge in [0.2, 0.25) is 0 Å². The summed E-state index contributed by atoms with van der Waals surface area (Å²) in [5.41, 5.74) is -0.0523. The molecule has 0 saturated heterocycles. The van der Waals surface area contributed by atoms with Crippen molar-refractivity contribution in [1.82, 2.24) is 9.78 Å². The number of hydrogen-bond acceptors (Lipinski definition) is 4. The quantitative estimate of drug-likeness (QED) is 0.521. The van der Waals surface area contributed by atoms with Crippen molar-refractivity contribution in [2.24, 2.45) is 0 Å². The van der Waals surface area contributed by atoms with Crippen molar-refractivity contribution in [2.75, 3.05) is 6.26 Å². The smallest absolute Gasteiger partial charge is 0.273 e. The molecule has 0 unspecified atom stereocenters. The minimum absolute atomic E-state index is 0.00981. The molecule has 3 rings (SSSR count). The molecule has 10 heteroatoms. The second kappa shape index (κ2) is 8.30. The summed E-state index contributed by atoms with van der Waals surface area (Å²) in [5.74, 6) is 0. The van der Waals surface area contributed by atoms with Crippen molar-refractivity contribution >= 4 is 44.6 Å². The minimum atomic E-state index is -3.48. The summed E-state index contributed by atoms with van der Waals surface area (Å²) in [5, 5.41) is 15.0. The lowest BCUT2D eigenvalue weighted by molar-refractivity contribution is 0.218. The van der Waals surface area contributed by atoms with Crippen LogP contribution in [0.3, 0.4) is 0 Å². The molecule has 2 N–H and O–H groups in total. The molecular weight excluding hydrogens is 483 g/mol. The number of H-pyrrole nitrogens is 1. The predicted molar refractivity (Wildman–Crippen MR) is 124 cm³/mol. The van der Waals surface area contributed by atoms with Gasteiger partial charge in [0.25, 0.3) is 5.56 Å². The van der Waals surface area contributed by atoms with Gasteiger partial charge in [0, 0.05) is 27.4 Å². The van der Waals surface area contributed by atoms with Crippen LogP contribution >= 0.6 is 34.8 Å². The number of aliphatic hydroxyl groups is 1. The van der Waals surface area contributed by atoms with Gasteiger partial charge in [-0.05, 0) is 51.1 Å². The van der Waals surface area contributed by atoms with Crippen molar-refractivity contribution in [2.45, 2.75) is 37.3 Å². The highest BCUT2D eigenvalue weighted by molar-refractivity contribution is 7.90. The summed E-state index contributed by atoms with van der Waals surface area (Å²) in [6, 6.07) is 8.79. The fourth-order valence-corrected chi connectivity index (χ4v) is 4.69. The SMILES string of the molecule is CC(C)(C)n1[nH]c(-c2ccc(Cl)cc2Cl)c([C@H](O)c2ccc(S(C)(=O)=O)cc2Cl)c1=O. The summed E-state index contributed by atoms with van der Waals surface area (Å²) in [4.78, 5) is 13.3. The molecule has 0 saturated carbocycles. The summed E-state index contributed by atoms with van der Waals surface area (Å²) in [6.45, 7) is 5.51. The lowest BCUT2D eigenvalue weighted by Crippen LogP contribution is -2.33. The number of sulfone groups is 1. The number of rotatable bonds is 4. The van der Waals surface area contributed by atoms with E-state index in [0.717, 1.165) is 6.26 Å². The van der Waals surface area contributed by atoms with E-state index in [1.165, 1.54) is 28.9 Å². The Labute approximate surface area is 195 Å². The van der Waals surface area contributed by atoms with Crippen LogP contribution in [-0.4, -0.2) is 29.6 Å². The molecular formula is C21H21Cl3N2O4S. The average molecular weight is 504 g/mol. The summed E-state index contributed by atoms with van der Waals surface area (Å²) in [6.07, 6.45) is -0.376. The van der Waals surface area contributed by atoms with E-state index in [-0.39, 0.29) is 21.0 Å². The maximum atomic E-state index is 13.3. The predicted octanol–water partition coefficient (Wildman–Crippen LogP) is 5.04. The normalized spacial score (nSPS) is 13.4. The summed E-state index contributed by atoms with van der Waals surface area (Å²) < 4.78 is 25.0. The monoisotopic (exact) mass is 502 g/mol. The van der Waals surface area contributed by atoms with E-state index in [2.05, 4.69) is 5.10 Å². The van der Waals surface area contributed by atoms with E-state index < -0.39 is 27.0 Å². The molecule has 0 radical (unpaired) electrons. The van der Waals surface area contributed by atoms with Crippen LogP contribution in [0.15, 0.2) is 46.1 Å². The lowest BCUT2D eigenvalue weighted by Gasteiger charge is -2.19. The first kappa shape index (κ1) is 23.9. The largest absolute Gasteiger partial charge is 0.383 e. The van der Waals surface area contributed by atoms with E-state index in [1.54, 1.807) is 12.1 Å². The highest BCUT2D eigenvalue weighted by Gasteiger charge is 2.30. The third kappa shape index (κ3) is 4.71. The van der Waals surface area contributed by atoms with Gasteiger partial charge in [-0.15, -0.1) is 0 Å². The van der Waals surface area contributed by atoms with Crippen molar-refractivity contribution in [3.05, 3.63) is 72.9 Å². The van der Waals surface area contributed by atoms with Gasteiger partial charge < -0.3 is 5.11 Å². The molecule has 3 aromatic rings. The molecule has 0 aliphatic rings. The molecule has 0 aliphatic heterocycles. The fraction of sp³-hybridized carbons (Fsp3) is 0.286. The van der Waals surface area contributed by atoms with Crippen LogP contribution < -0.4 is 5.56 Å². The first-order valence-electron chi connectivity index (χ1n) is 9.20. The molecule has 166 valence electrons. The van der Waals surface area contributed by atoms with E-state index >= 15 is 0 Å². The summed E-state index contributed by atoms with van der Waals surface area (Å²) >= 11 is 18.7. The molecule has 0 amide bonds. The molecule has 0 fully saturated rings. The molecule has 1 aromatic heterocycles. The Hall–Kier alpha value is -1.77. The van der Waals surface area contributed by atoms with Gasteiger partial charge in [0.1, 0.15) is 6.10 Å². The van der Waals surface area contributed by atoms with Gasteiger partial charge in [-0.25, -0.2) is 13.1 Å². The molecule has 1 heterocycles. The maximum Gasteiger partial charge on any atom is 0.273 e. The van der Waals surface area contributed by atoms with Crippen molar-refractivity contribution in [3.8, 4) is 11.3 Å². The Morgan fingerprint density at radius 1 is 1.03 bits per heavy atom. The molecule has 31 heavy (non-hydrogen) atoms. The van der Waals surface area contributed by atoms with Crippen LogP contribution in [0.2, 0.25) is 15.1 Å². The summed E-state index contributed by atoms with van der Waals surface area (Å²) in [7, 11) is -3.48. The molecule has 0 spiro atoms. The van der Waals surface area contributed by atoms with Crippen LogP contribution in [0, 0.1) is 0 Å². The number of benzene rings is 2. The van der Waals surface area contributed by atoms with Crippen molar-refractivity contribution in [1.29, 1.82) is 0 Å². The topological polar surface area (TPSA) is 92.2 Å². The maximum absolute atomic E-state index is 13.3. The zero-order valence-corrected chi connectivity index (χ0v) is 20.3. The Bertz CT molecular complexity index is 1320. The second-order valence-electron chi connectivity index (χ2n) is 8.19. The Morgan fingerprint density at radius 3 is 2.19 bits per heavy atom. The highest BCUT2D eigenvalue weighted by atomic mass is 35.5. The Kier molecular flexibility index (Phi) is 6.39. The number of aliphatic hydroxyl groups excluding tert-OH is 1. The number of nitrogens with zero attached hydrogens (tertiary/aromatic N) is 1. The second-order valence-corrected chi connectivity index (χ2v) is 11.5. The molecule has 0 bridgehead atoms. The van der Waals surface area contributed by atoms with E-state index in [0.29, 0.717) is 21.3 Å². The average Bonchev–Trinajstić information content (AvgIpc) is 2.97. The number of aromatic nitrogens is 2. The fourth-order valence-electron chi connectivity index (χ4n) is 3.19. The highest BCUT2D eigenvalue weighted by Crippen LogP contribution is 2.37. The molecule has 1 atom stereocenters. The number of hydrogen-bond donors (Lipinski definition) is 2. The molecule has 2 aromatic carbocycles. The third-order valence-electron chi connectivity index (χ3n) is 4.77.